The topological polar surface area (TPSA) is 81.8 Å². The maximum atomic E-state index is 8.76. The second kappa shape index (κ2) is 7.45. The molecule has 0 saturated carbocycles. The van der Waals surface area contributed by atoms with Crippen molar-refractivity contribution >= 4 is 0 Å². The lowest BCUT2D eigenvalue weighted by molar-refractivity contribution is -0.331. The molecule has 0 aliphatic rings. The van der Waals surface area contributed by atoms with Crippen molar-refractivity contribution in [2.24, 2.45) is 5.73 Å². The Bertz CT molecular complexity index is 101. The predicted molar refractivity (Wildman–Crippen MR) is 46.0 cm³/mol. The van der Waals surface area contributed by atoms with Crippen LogP contribution in [-0.4, -0.2) is 41.3 Å². The maximum absolute atomic E-state index is 8.76. The van der Waals surface area contributed by atoms with Crippen molar-refractivity contribution in [1.82, 2.24) is 10.5 Å². The van der Waals surface area contributed by atoms with Gasteiger partial charge in [-0.3, -0.25) is 10.4 Å². The first-order chi connectivity index (χ1) is 5.72. The molecule has 1 atom stereocenters. The fourth-order valence-corrected chi connectivity index (χ4v) is 1.00. The minimum atomic E-state index is -0.235. The minimum absolute atomic E-state index is 0.235. The molecular weight excluding hydrogens is 158 g/mol. The predicted octanol–water partition coefficient (Wildman–Crippen LogP) is -0.216. The summed E-state index contributed by atoms with van der Waals surface area (Å²) in [5.74, 6) is 0. The minimum Gasteiger partial charge on any atom is -0.329 e. The fourth-order valence-electron chi connectivity index (χ4n) is 1.00. The Balaban J connectivity index is 3.49. The van der Waals surface area contributed by atoms with E-state index in [1.54, 1.807) is 0 Å². The van der Waals surface area contributed by atoms with E-state index in [1.165, 1.54) is 0 Å². The van der Waals surface area contributed by atoms with Crippen molar-refractivity contribution in [1.29, 1.82) is 0 Å². The van der Waals surface area contributed by atoms with E-state index in [-0.39, 0.29) is 11.3 Å². The van der Waals surface area contributed by atoms with Crippen molar-refractivity contribution < 1.29 is 10.4 Å². The third-order valence-electron chi connectivity index (χ3n) is 1.65. The number of rotatable bonds is 7. The number of nitrogens with zero attached hydrogens (tertiary/aromatic N) is 1. The van der Waals surface area contributed by atoms with E-state index in [0.717, 1.165) is 12.8 Å². The number of hydrogen-bond donors (Lipinski definition) is 4. The highest BCUT2D eigenvalue weighted by Crippen LogP contribution is 2.00. The molecule has 0 radical (unpaired) electrons. The molecule has 5 nitrogen and oxygen atoms in total. The van der Waals surface area contributed by atoms with Gasteiger partial charge in [0, 0.05) is 19.6 Å². The van der Waals surface area contributed by atoms with Gasteiger partial charge in [-0.05, 0) is 6.42 Å². The Hall–Kier alpha value is -0.200. The molecule has 0 rings (SSSR count). The van der Waals surface area contributed by atoms with Crippen LogP contribution in [0.4, 0.5) is 0 Å². The molecule has 5 N–H and O–H groups in total. The summed E-state index contributed by atoms with van der Waals surface area (Å²) in [6, 6.07) is -0.235. The zero-order valence-electron chi connectivity index (χ0n) is 7.53. The van der Waals surface area contributed by atoms with Crippen LogP contribution in [-0.2, 0) is 0 Å². The number of nitrogens with two attached hydrogens (primary N) is 1. The van der Waals surface area contributed by atoms with E-state index < -0.39 is 0 Å². The molecule has 0 saturated heterocycles. The molecule has 5 heteroatoms. The van der Waals surface area contributed by atoms with Gasteiger partial charge >= 0.3 is 0 Å². The van der Waals surface area contributed by atoms with Crippen LogP contribution in [0.2, 0.25) is 0 Å². The third-order valence-corrected chi connectivity index (χ3v) is 1.65. The molecule has 0 amide bonds. The first-order valence-corrected chi connectivity index (χ1v) is 4.30. The van der Waals surface area contributed by atoms with Gasteiger partial charge < -0.3 is 11.1 Å². The lowest BCUT2D eigenvalue weighted by atomic mass is 10.2. The zero-order valence-corrected chi connectivity index (χ0v) is 7.53. The highest BCUT2D eigenvalue weighted by atomic mass is 16.8. The second-order valence-corrected chi connectivity index (χ2v) is 2.76. The normalized spacial score (nSPS) is 13.8. The SMILES string of the molecule is CCCC(CNCCN)N(O)O. The van der Waals surface area contributed by atoms with Gasteiger partial charge in [-0.25, -0.2) is 0 Å². The standard InChI is InChI=1S/C7H19N3O2/c1-2-3-7(10(11)12)6-9-5-4-8/h7,9,11-12H,2-6,8H2,1H3. The van der Waals surface area contributed by atoms with E-state index in [0.29, 0.717) is 19.6 Å². The van der Waals surface area contributed by atoms with Crippen molar-refractivity contribution in [2.45, 2.75) is 25.8 Å². The van der Waals surface area contributed by atoms with E-state index in [4.69, 9.17) is 16.1 Å². The summed E-state index contributed by atoms with van der Waals surface area (Å²) in [5, 5.41) is 20.8. The van der Waals surface area contributed by atoms with Crippen molar-refractivity contribution in [2.75, 3.05) is 19.6 Å². The van der Waals surface area contributed by atoms with Gasteiger partial charge in [-0.15, -0.1) is 0 Å². The summed E-state index contributed by atoms with van der Waals surface area (Å²) >= 11 is 0. The number of nitrogens with one attached hydrogen (secondary N) is 1. The Morgan fingerprint density at radius 3 is 2.58 bits per heavy atom. The van der Waals surface area contributed by atoms with Gasteiger partial charge in [-0.2, -0.15) is 0 Å². The van der Waals surface area contributed by atoms with Crippen LogP contribution < -0.4 is 11.1 Å². The summed E-state index contributed by atoms with van der Waals surface area (Å²) in [7, 11) is 0. The highest BCUT2D eigenvalue weighted by Gasteiger charge is 2.12. The quantitative estimate of drug-likeness (QED) is 0.319. The van der Waals surface area contributed by atoms with Crippen LogP contribution >= 0.6 is 0 Å². The average Bonchev–Trinajstić information content (AvgIpc) is 2.03. The van der Waals surface area contributed by atoms with Crippen LogP contribution in [0.1, 0.15) is 19.8 Å². The average molecular weight is 177 g/mol. The molecule has 74 valence electrons. The number of hydroxylamine groups is 2. The van der Waals surface area contributed by atoms with Crippen molar-refractivity contribution in [3.63, 3.8) is 0 Å². The molecule has 0 bridgehead atoms. The molecule has 0 fully saturated rings. The summed E-state index contributed by atoms with van der Waals surface area (Å²) in [6.45, 7) is 3.82. The Morgan fingerprint density at radius 1 is 1.50 bits per heavy atom. The maximum Gasteiger partial charge on any atom is 0.0747 e. The van der Waals surface area contributed by atoms with E-state index in [2.05, 4.69) is 5.32 Å². The fraction of sp³-hybridized carbons (Fsp3) is 1.00. The third kappa shape index (κ3) is 5.45. The van der Waals surface area contributed by atoms with Gasteiger partial charge in [0.15, 0.2) is 0 Å². The first kappa shape index (κ1) is 11.8. The van der Waals surface area contributed by atoms with Crippen LogP contribution in [0.25, 0.3) is 0 Å². The van der Waals surface area contributed by atoms with Crippen LogP contribution in [0.3, 0.4) is 0 Å². The van der Waals surface area contributed by atoms with Crippen molar-refractivity contribution in [3.8, 4) is 0 Å². The Kier molecular flexibility index (Phi) is 7.33. The summed E-state index contributed by atoms with van der Waals surface area (Å²) in [6.07, 6.45) is 1.68. The molecule has 0 aromatic heterocycles. The molecule has 0 aromatic rings. The molecule has 1 unspecified atom stereocenters. The second-order valence-electron chi connectivity index (χ2n) is 2.76. The summed E-state index contributed by atoms with van der Waals surface area (Å²) in [4.78, 5) is 0. The lowest BCUT2D eigenvalue weighted by Crippen LogP contribution is -2.39. The van der Waals surface area contributed by atoms with Gasteiger partial charge in [-0.1, -0.05) is 18.6 Å². The molecule has 0 heterocycles. The monoisotopic (exact) mass is 177 g/mol. The zero-order chi connectivity index (χ0) is 9.40. The van der Waals surface area contributed by atoms with Crippen LogP contribution in [0.15, 0.2) is 0 Å². The van der Waals surface area contributed by atoms with Gasteiger partial charge in [0.25, 0.3) is 0 Å². The number of hydrogen-bond acceptors (Lipinski definition) is 5. The summed E-state index contributed by atoms with van der Waals surface area (Å²) < 4.78 is 0. The molecule has 0 aliphatic heterocycles. The van der Waals surface area contributed by atoms with E-state index in [1.807, 2.05) is 6.92 Å². The van der Waals surface area contributed by atoms with Crippen LogP contribution in [0.5, 0.6) is 0 Å². The molecule has 0 aromatic carbocycles. The molecule has 0 spiro atoms. The van der Waals surface area contributed by atoms with Crippen LogP contribution in [0, 0.1) is 0 Å². The molecular formula is C7H19N3O2. The molecule has 0 aliphatic carbocycles. The van der Waals surface area contributed by atoms with E-state index in [9.17, 15) is 0 Å². The Labute approximate surface area is 73.1 Å². The summed E-state index contributed by atoms with van der Waals surface area (Å²) in [5.41, 5.74) is 5.26. The largest absolute Gasteiger partial charge is 0.329 e. The highest BCUT2D eigenvalue weighted by molar-refractivity contribution is 4.63. The van der Waals surface area contributed by atoms with E-state index >= 15 is 0 Å². The van der Waals surface area contributed by atoms with Gasteiger partial charge in [0.2, 0.25) is 0 Å². The van der Waals surface area contributed by atoms with Gasteiger partial charge in [0.1, 0.15) is 0 Å². The van der Waals surface area contributed by atoms with Gasteiger partial charge in [0.05, 0.1) is 6.04 Å². The first-order valence-electron chi connectivity index (χ1n) is 4.30. The molecule has 12 heavy (non-hydrogen) atoms. The lowest BCUT2D eigenvalue weighted by Gasteiger charge is -2.19. The van der Waals surface area contributed by atoms with Crippen molar-refractivity contribution in [3.05, 3.63) is 0 Å². The Morgan fingerprint density at radius 2 is 2.17 bits per heavy atom. The smallest absolute Gasteiger partial charge is 0.0747 e.